The van der Waals surface area contributed by atoms with Gasteiger partial charge >= 0.3 is 0 Å². The van der Waals surface area contributed by atoms with E-state index in [1.807, 2.05) is 26.0 Å². The van der Waals surface area contributed by atoms with Crippen molar-refractivity contribution in [3.8, 4) is 17.6 Å². The highest BCUT2D eigenvalue weighted by molar-refractivity contribution is 9.10. The number of nitrogens with zero attached hydrogens (tertiary/aromatic N) is 1. The lowest BCUT2D eigenvalue weighted by molar-refractivity contribution is 0.217. The molecular formula is C17H16BrNO2. The first-order valence-corrected chi connectivity index (χ1v) is 7.42. The van der Waals surface area contributed by atoms with Crippen LogP contribution in [0.1, 0.15) is 16.7 Å². The van der Waals surface area contributed by atoms with Crippen molar-refractivity contribution in [2.45, 2.75) is 13.8 Å². The highest BCUT2D eigenvalue weighted by Crippen LogP contribution is 2.26. The molecule has 0 aliphatic carbocycles. The van der Waals surface area contributed by atoms with E-state index in [9.17, 15) is 0 Å². The maximum absolute atomic E-state index is 8.72. The van der Waals surface area contributed by atoms with Gasteiger partial charge in [-0.25, -0.2) is 0 Å². The van der Waals surface area contributed by atoms with E-state index in [0.717, 1.165) is 27.1 Å². The molecule has 2 aromatic carbocycles. The van der Waals surface area contributed by atoms with Crippen LogP contribution in [0.15, 0.2) is 40.9 Å². The van der Waals surface area contributed by atoms with E-state index < -0.39 is 0 Å². The van der Waals surface area contributed by atoms with Gasteiger partial charge in [-0.3, -0.25) is 0 Å². The smallest absolute Gasteiger partial charge is 0.122 e. The molecule has 0 saturated heterocycles. The number of nitriles is 1. The zero-order valence-electron chi connectivity index (χ0n) is 12.0. The van der Waals surface area contributed by atoms with Gasteiger partial charge in [0.2, 0.25) is 0 Å². The van der Waals surface area contributed by atoms with Crippen molar-refractivity contribution in [1.29, 1.82) is 5.26 Å². The lowest BCUT2D eigenvalue weighted by atomic mass is 10.1. The minimum absolute atomic E-state index is 0.458. The SMILES string of the molecule is Cc1cc(OCCOc2ccc(C#N)cc2)cc(C)c1Br. The Morgan fingerprint density at radius 3 is 2.00 bits per heavy atom. The highest BCUT2D eigenvalue weighted by atomic mass is 79.9. The first-order valence-electron chi connectivity index (χ1n) is 6.62. The maximum Gasteiger partial charge on any atom is 0.122 e. The number of hydrogen-bond acceptors (Lipinski definition) is 3. The van der Waals surface area contributed by atoms with Crippen LogP contribution >= 0.6 is 15.9 Å². The van der Waals surface area contributed by atoms with Crippen LogP contribution in [0, 0.1) is 25.2 Å². The van der Waals surface area contributed by atoms with Crippen LogP contribution in [-0.4, -0.2) is 13.2 Å². The number of benzene rings is 2. The summed E-state index contributed by atoms with van der Waals surface area (Å²) in [5, 5.41) is 8.72. The summed E-state index contributed by atoms with van der Waals surface area (Å²) in [5.41, 5.74) is 2.93. The van der Waals surface area contributed by atoms with Crippen LogP contribution in [0.25, 0.3) is 0 Å². The second kappa shape index (κ2) is 7.14. The molecule has 0 saturated carbocycles. The average Bonchev–Trinajstić information content (AvgIpc) is 2.49. The van der Waals surface area contributed by atoms with E-state index in [0.29, 0.717) is 18.8 Å². The molecule has 2 rings (SSSR count). The topological polar surface area (TPSA) is 42.2 Å². The summed E-state index contributed by atoms with van der Waals surface area (Å²) in [6.45, 7) is 5.01. The van der Waals surface area contributed by atoms with Gasteiger partial charge in [0.1, 0.15) is 24.7 Å². The summed E-state index contributed by atoms with van der Waals surface area (Å²) >= 11 is 3.53. The molecule has 0 radical (unpaired) electrons. The monoisotopic (exact) mass is 345 g/mol. The summed E-state index contributed by atoms with van der Waals surface area (Å²) in [4.78, 5) is 0. The fourth-order valence-corrected chi connectivity index (χ4v) is 2.16. The van der Waals surface area contributed by atoms with Crippen molar-refractivity contribution in [1.82, 2.24) is 0 Å². The second-order valence-electron chi connectivity index (χ2n) is 4.70. The van der Waals surface area contributed by atoms with Crippen LogP contribution in [0.4, 0.5) is 0 Å². The Hall–Kier alpha value is -1.99. The zero-order valence-corrected chi connectivity index (χ0v) is 13.6. The van der Waals surface area contributed by atoms with Crippen LogP contribution < -0.4 is 9.47 Å². The zero-order chi connectivity index (χ0) is 15.2. The third kappa shape index (κ3) is 4.24. The van der Waals surface area contributed by atoms with Gasteiger partial charge in [-0.2, -0.15) is 5.26 Å². The highest BCUT2D eigenvalue weighted by Gasteiger charge is 2.03. The van der Waals surface area contributed by atoms with Crippen LogP contribution in [0.5, 0.6) is 11.5 Å². The summed E-state index contributed by atoms with van der Waals surface area (Å²) in [6, 6.07) is 13.1. The van der Waals surface area contributed by atoms with Crippen molar-refractivity contribution in [3.05, 3.63) is 57.6 Å². The van der Waals surface area contributed by atoms with Gasteiger partial charge in [-0.15, -0.1) is 0 Å². The fourth-order valence-electron chi connectivity index (χ4n) is 1.93. The Bertz CT molecular complexity index is 636. The van der Waals surface area contributed by atoms with E-state index in [2.05, 4.69) is 22.0 Å². The third-order valence-corrected chi connectivity index (χ3v) is 4.27. The van der Waals surface area contributed by atoms with Gasteiger partial charge in [0.15, 0.2) is 0 Å². The van der Waals surface area contributed by atoms with E-state index >= 15 is 0 Å². The summed E-state index contributed by atoms with van der Waals surface area (Å²) < 4.78 is 12.4. The predicted molar refractivity (Wildman–Crippen MR) is 85.8 cm³/mol. The van der Waals surface area contributed by atoms with Gasteiger partial charge < -0.3 is 9.47 Å². The number of aryl methyl sites for hydroxylation is 2. The number of rotatable bonds is 5. The lowest BCUT2D eigenvalue weighted by Gasteiger charge is -2.11. The molecule has 0 bridgehead atoms. The molecule has 0 aliphatic rings. The molecule has 2 aromatic rings. The van der Waals surface area contributed by atoms with Gasteiger partial charge in [-0.1, -0.05) is 15.9 Å². The molecule has 0 heterocycles. The Morgan fingerprint density at radius 2 is 1.48 bits per heavy atom. The van der Waals surface area contributed by atoms with Crippen molar-refractivity contribution in [2.75, 3.05) is 13.2 Å². The van der Waals surface area contributed by atoms with E-state index in [1.54, 1.807) is 24.3 Å². The molecular weight excluding hydrogens is 330 g/mol. The summed E-state index contributed by atoms with van der Waals surface area (Å²) in [6.07, 6.45) is 0. The van der Waals surface area contributed by atoms with Crippen molar-refractivity contribution < 1.29 is 9.47 Å². The quantitative estimate of drug-likeness (QED) is 0.754. The van der Waals surface area contributed by atoms with Crippen molar-refractivity contribution in [3.63, 3.8) is 0 Å². The van der Waals surface area contributed by atoms with Gasteiger partial charge in [0.05, 0.1) is 11.6 Å². The summed E-state index contributed by atoms with van der Waals surface area (Å²) in [7, 11) is 0. The molecule has 0 spiro atoms. The van der Waals surface area contributed by atoms with Crippen LogP contribution in [0.2, 0.25) is 0 Å². The first-order chi connectivity index (χ1) is 10.1. The summed E-state index contributed by atoms with van der Waals surface area (Å²) in [5.74, 6) is 1.58. The normalized spacial score (nSPS) is 10.0. The van der Waals surface area contributed by atoms with E-state index in [-0.39, 0.29) is 0 Å². The van der Waals surface area contributed by atoms with E-state index in [1.165, 1.54) is 0 Å². The second-order valence-corrected chi connectivity index (χ2v) is 5.50. The number of ether oxygens (including phenoxy) is 2. The van der Waals surface area contributed by atoms with Crippen molar-refractivity contribution in [2.24, 2.45) is 0 Å². The molecule has 108 valence electrons. The minimum Gasteiger partial charge on any atom is -0.490 e. The fraction of sp³-hybridized carbons (Fsp3) is 0.235. The molecule has 0 unspecified atom stereocenters. The molecule has 4 heteroatoms. The van der Waals surface area contributed by atoms with Crippen LogP contribution in [-0.2, 0) is 0 Å². The molecule has 3 nitrogen and oxygen atoms in total. The maximum atomic E-state index is 8.72. The van der Waals surface area contributed by atoms with Gasteiger partial charge in [0, 0.05) is 4.47 Å². The molecule has 0 aromatic heterocycles. The molecule has 0 atom stereocenters. The molecule has 0 fully saturated rings. The Kier molecular flexibility index (Phi) is 5.24. The molecule has 0 amide bonds. The average molecular weight is 346 g/mol. The molecule has 21 heavy (non-hydrogen) atoms. The standard InChI is InChI=1S/C17H16BrNO2/c1-12-9-16(10-13(2)17(12)18)21-8-7-20-15-5-3-14(11-19)4-6-15/h3-6,9-10H,7-8H2,1-2H3. The van der Waals surface area contributed by atoms with Crippen LogP contribution in [0.3, 0.4) is 0 Å². The third-order valence-electron chi connectivity index (χ3n) is 3.01. The largest absolute Gasteiger partial charge is 0.490 e. The first kappa shape index (κ1) is 15.4. The van der Waals surface area contributed by atoms with Gasteiger partial charge in [0.25, 0.3) is 0 Å². The minimum atomic E-state index is 0.458. The lowest BCUT2D eigenvalue weighted by Crippen LogP contribution is -2.09. The van der Waals surface area contributed by atoms with E-state index in [4.69, 9.17) is 14.7 Å². The molecule has 0 aliphatic heterocycles. The number of hydrogen-bond donors (Lipinski definition) is 0. The Morgan fingerprint density at radius 1 is 0.952 bits per heavy atom. The Balaban J connectivity index is 1.83. The number of halogens is 1. The van der Waals surface area contributed by atoms with Crippen molar-refractivity contribution >= 4 is 15.9 Å². The Labute approximate surface area is 133 Å². The molecule has 0 N–H and O–H groups in total. The van der Waals surface area contributed by atoms with Gasteiger partial charge in [-0.05, 0) is 61.4 Å². The predicted octanol–water partition coefficient (Wildman–Crippen LogP) is 4.40.